The highest BCUT2D eigenvalue weighted by Gasteiger charge is 2.36. The minimum absolute atomic E-state index is 0.153. The molecule has 2 rings (SSSR count). The van der Waals surface area contributed by atoms with Crippen molar-refractivity contribution in [2.75, 3.05) is 18.0 Å². The molecule has 1 aliphatic rings. The van der Waals surface area contributed by atoms with E-state index >= 15 is 0 Å². The van der Waals surface area contributed by atoms with Crippen molar-refractivity contribution in [1.82, 2.24) is 0 Å². The van der Waals surface area contributed by atoms with Gasteiger partial charge in [-0.15, -0.1) is 0 Å². The molecule has 2 N–H and O–H groups in total. The molecule has 0 bridgehead atoms. The molecule has 1 aromatic carbocycles. The van der Waals surface area contributed by atoms with Crippen LogP contribution in [0.25, 0.3) is 0 Å². The second kappa shape index (κ2) is 4.94. The van der Waals surface area contributed by atoms with E-state index in [0.29, 0.717) is 25.1 Å². The van der Waals surface area contributed by atoms with E-state index in [1.807, 2.05) is 0 Å². The number of benzene rings is 1. The van der Waals surface area contributed by atoms with Crippen LogP contribution in [0.5, 0.6) is 0 Å². The largest absolute Gasteiger partial charge is 0.481 e. The van der Waals surface area contributed by atoms with E-state index in [0.717, 1.165) is 0 Å². The van der Waals surface area contributed by atoms with Crippen molar-refractivity contribution in [2.45, 2.75) is 24.9 Å². The summed E-state index contributed by atoms with van der Waals surface area (Å²) in [4.78, 5) is 12.4. The normalized spacial score (nSPS) is 24.0. The minimum Gasteiger partial charge on any atom is -0.481 e. The molecule has 1 saturated heterocycles. The van der Waals surface area contributed by atoms with Gasteiger partial charge in [0.2, 0.25) is 0 Å². The zero-order valence-electron chi connectivity index (χ0n) is 9.97. The fraction of sp³-hybridized carbons (Fsp3) is 0.462. The van der Waals surface area contributed by atoms with Gasteiger partial charge < -0.3 is 15.1 Å². The van der Waals surface area contributed by atoms with Gasteiger partial charge in [0, 0.05) is 13.1 Å². The molecule has 0 spiro atoms. The molecule has 1 atom stereocenters. The van der Waals surface area contributed by atoms with Crippen LogP contribution >= 0.6 is 0 Å². The van der Waals surface area contributed by atoms with Crippen LogP contribution in [-0.2, 0) is 4.79 Å². The van der Waals surface area contributed by atoms with E-state index in [2.05, 4.69) is 0 Å². The number of halogens is 1. The van der Waals surface area contributed by atoms with Gasteiger partial charge in [0.25, 0.3) is 0 Å². The van der Waals surface area contributed by atoms with Crippen LogP contribution in [0.2, 0.25) is 0 Å². The van der Waals surface area contributed by atoms with Gasteiger partial charge >= 0.3 is 5.97 Å². The lowest BCUT2D eigenvalue weighted by Crippen LogP contribution is -2.49. The first-order chi connectivity index (χ1) is 8.50. The van der Waals surface area contributed by atoms with E-state index in [4.69, 9.17) is 5.11 Å². The smallest absolute Gasteiger partial charge is 0.306 e. The Morgan fingerprint density at radius 2 is 2.17 bits per heavy atom. The summed E-state index contributed by atoms with van der Waals surface area (Å²) in [5.41, 5.74) is -0.854. The Morgan fingerprint density at radius 1 is 1.44 bits per heavy atom. The first-order valence-corrected chi connectivity index (χ1v) is 5.94. The Morgan fingerprint density at radius 3 is 2.83 bits per heavy atom. The maximum absolute atomic E-state index is 13.6. The van der Waals surface area contributed by atoms with Gasteiger partial charge in [-0.25, -0.2) is 4.39 Å². The van der Waals surface area contributed by atoms with Crippen molar-refractivity contribution in [2.24, 2.45) is 0 Å². The summed E-state index contributed by atoms with van der Waals surface area (Å²) >= 11 is 0. The Balaban J connectivity index is 2.16. The van der Waals surface area contributed by atoms with Crippen LogP contribution in [0.1, 0.15) is 19.3 Å². The number of nitrogens with zero attached hydrogens (tertiary/aromatic N) is 1. The summed E-state index contributed by atoms with van der Waals surface area (Å²) in [7, 11) is 0. The standard InChI is InChI=1S/C13H16FNO3/c14-10-4-1-2-5-11(10)15-7-3-6-13(18,9-15)8-12(16)17/h1-2,4-5,18H,3,6-9H2,(H,16,17). The maximum atomic E-state index is 13.6. The summed E-state index contributed by atoms with van der Waals surface area (Å²) in [6.07, 6.45) is 0.778. The van der Waals surface area contributed by atoms with Crippen molar-refractivity contribution >= 4 is 11.7 Å². The Kier molecular flexibility index (Phi) is 3.52. The van der Waals surface area contributed by atoms with Gasteiger partial charge in [0.1, 0.15) is 5.82 Å². The third kappa shape index (κ3) is 2.79. The highest BCUT2D eigenvalue weighted by molar-refractivity contribution is 5.68. The lowest BCUT2D eigenvalue weighted by atomic mass is 9.89. The molecule has 4 nitrogen and oxygen atoms in total. The molecule has 1 aliphatic heterocycles. The van der Waals surface area contributed by atoms with Crippen LogP contribution in [-0.4, -0.2) is 34.9 Å². The van der Waals surface area contributed by atoms with Crippen LogP contribution in [0.3, 0.4) is 0 Å². The molecular formula is C13H16FNO3. The number of anilines is 1. The summed E-state index contributed by atoms with van der Waals surface area (Å²) in [6, 6.07) is 6.33. The van der Waals surface area contributed by atoms with E-state index in [1.54, 1.807) is 23.1 Å². The quantitative estimate of drug-likeness (QED) is 0.859. The number of rotatable bonds is 3. The van der Waals surface area contributed by atoms with Gasteiger partial charge in [-0.3, -0.25) is 4.79 Å². The lowest BCUT2D eigenvalue weighted by molar-refractivity contribution is -0.142. The molecule has 98 valence electrons. The molecule has 1 heterocycles. The van der Waals surface area contributed by atoms with E-state index in [9.17, 15) is 14.3 Å². The van der Waals surface area contributed by atoms with Crippen molar-refractivity contribution < 1.29 is 19.4 Å². The number of piperidine rings is 1. The lowest BCUT2D eigenvalue weighted by Gasteiger charge is -2.39. The molecule has 0 aromatic heterocycles. The second-order valence-corrected chi connectivity index (χ2v) is 4.77. The monoisotopic (exact) mass is 253 g/mol. The predicted octanol–water partition coefficient (Wildman–Crippen LogP) is 1.63. The number of aliphatic carboxylic acids is 1. The molecule has 1 fully saturated rings. The number of para-hydroxylation sites is 1. The number of hydrogen-bond acceptors (Lipinski definition) is 3. The first kappa shape index (κ1) is 12.8. The number of aliphatic hydroxyl groups is 1. The Bertz CT molecular complexity index is 452. The Hall–Kier alpha value is -1.62. The van der Waals surface area contributed by atoms with Gasteiger partial charge in [-0.2, -0.15) is 0 Å². The summed E-state index contributed by atoms with van der Waals surface area (Å²) < 4.78 is 13.6. The molecule has 5 heteroatoms. The molecule has 1 aromatic rings. The topological polar surface area (TPSA) is 60.8 Å². The van der Waals surface area contributed by atoms with Crippen LogP contribution in [0, 0.1) is 5.82 Å². The summed E-state index contributed by atoms with van der Waals surface area (Å²) in [5, 5.41) is 19.0. The molecular weight excluding hydrogens is 237 g/mol. The molecule has 1 unspecified atom stereocenters. The average molecular weight is 253 g/mol. The van der Waals surface area contributed by atoms with Crippen LogP contribution in [0.4, 0.5) is 10.1 Å². The number of hydrogen-bond donors (Lipinski definition) is 2. The molecule has 0 amide bonds. The zero-order valence-corrected chi connectivity index (χ0v) is 9.97. The van der Waals surface area contributed by atoms with Crippen LogP contribution in [0.15, 0.2) is 24.3 Å². The third-order valence-electron chi connectivity index (χ3n) is 3.23. The van der Waals surface area contributed by atoms with Gasteiger partial charge in [0.05, 0.1) is 17.7 Å². The van der Waals surface area contributed by atoms with Crippen molar-refractivity contribution in [1.29, 1.82) is 0 Å². The molecule has 18 heavy (non-hydrogen) atoms. The van der Waals surface area contributed by atoms with Gasteiger partial charge in [-0.1, -0.05) is 12.1 Å². The highest BCUT2D eigenvalue weighted by atomic mass is 19.1. The third-order valence-corrected chi connectivity index (χ3v) is 3.23. The first-order valence-electron chi connectivity index (χ1n) is 5.94. The fourth-order valence-electron chi connectivity index (χ4n) is 2.45. The summed E-state index contributed by atoms with van der Waals surface area (Å²) in [5.74, 6) is -1.38. The zero-order chi connectivity index (χ0) is 13.2. The minimum atomic E-state index is -1.27. The summed E-state index contributed by atoms with van der Waals surface area (Å²) in [6.45, 7) is 0.781. The van der Waals surface area contributed by atoms with E-state index in [-0.39, 0.29) is 18.8 Å². The predicted molar refractivity (Wildman–Crippen MR) is 65.0 cm³/mol. The number of β-amino-alcohol motifs (C(OH)–C–C–N with tert-alkyl or cyclic N) is 1. The number of carboxylic acid groups (broad SMARTS) is 1. The van der Waals surface area contributed by atoms with Gasteiger partial charge in [0.15, 0.2) is 0 Å². The number of carboxylic acids is 1. The van der Waals surface area contributed by atoms with Crippen molar-refractivity contribution in [3.05, 3.63) is 30.1 Å². The van der Waals surface area contributed by atoms with Crippen molar-refractivity contribution in [3.8, 4) is 0 Å². The van der Waals surface area contributed by atoms with E-state index in [1.165, 1.54) is 6.07 Å². The van der Waals surface area contributed by atoms with Crippen molar-refractivity contribution in [3.63, 3.8) is 0 Å². The Labute approximate surface area is 105 Å². The highest BCUT2D eigenvalue weighted by Crippen LogP contribution is 2.29. The van der Waals surface area contributed by atoms with Crippen LogP contribution < -0.4 is 4.90 Å². The molecule has 0 aliphatic carbocycles. The molecule has 0 radical (unpaired) electrons. The second-order valence-electron chi connectivity index (χ2n) is 4.77. The van der Waals surface area contributed by atoms with E-state index < -0.39 is 11.6 Å². The SMILES string of the molecule is O=C(O)CC1(O)CCCN(c2ccccc2F)C1. The molecule has 0 saturated carbocycles. The van der Waals surface area contributed by atoms with Gasteiger partial charge in [-0.05, 0) is 25.0 Å². The average Bonchev–Trinajstić information content (AvgIpc) is 2.27. The number of carbonyl (C=O) groups is 1. The fourth-order valence-corrected chi connectivity index (χ4v) is 2.45. The maximum Gasteiger partial charge on any atom is 0.306 e.